The number of hydrogen-bond acceptors (Lipinski definition) is 1. The summed E-state index contributed by atoms with van der Waals surface area (Å²) >= 11 is 5.95. The summed E-state index contributed by atoms with van der Waals surface area (Å²) in [6.45, 7) is -0.223. The normalized spacial score (nSPS) is 20.8. The molecule has 1 atom stereocenters. The average Bonchev–Trinajstić information content (AvgIpc) is 2.76. The molecule has 1 aliphatic heterocycles. The summed E-state index contributed by atoms with van der Waals surface area (Å²) < 4.78 is 77.2. The molecule has 22 heavy (non-hydrogen) atoms. The van der Waals surface area contributed by atoms with Crippen LogP contribution in [-0.2, 0) is 6.42 Å². The van der Waals surface area contributed by atoms with Crippen LogP contribution < -0.4 is 0 Å². The van der Waals surface area contributed by atoms with Crippen molar-refractivity contribution >= 4 is 11.6 Å². The fourth-order valence-corrected chi connectivity index (χ4v) is 3.11. The molecule has 0 N–H and O–H groups in total. The van der Waals surface area contributed by atoms with Gasteiger partial charge in [0.15, 0.2) is 0 Å². The van der Waals surface area contributed by atoms with Crippen molar-refractivity contribution in [1.29, 1.82) is 0 Å². The van der Waals surface area contributed by atoms with Gasteiger partial charge in [-0.2, -0.15) is 26.3 Å². The van der Waals surface area contributed by atoms with Crippen LogP contribution in [0.15, 0.2) is 24.3 Å². The van der Waals surface area contributed by atoms with E-state index in [2.05, 4.69) is 0 Å². The van der Waals surface area contributed by atoms with Gasteiger partial charge in [-0.25, -0.2) is 0 Å². The quantitative estimate of drug-likeness (QED) is 0.709. The van der Waals surface area contributed by atoms with Gasteiger partial charge in [-0.05, 0) is 37.4 Å². The van der Waals surface area contributed by atoms with Gasteiger partial charge in [0.05, 0.1) is 0 Å². The van der Waals surface area contributed by atoms with Crippen molar-refractivity contribution in [1.82, 2.24) is 4.90 Å². The average molecular weight is 346 g/mol. The van der Waals surface area contributed by atoms with Crippen LogP contribution in [-0.4, -0.2) is 35.9 Å². The Morgan fingerprint density at radius 2 is 1.68 bits per heavy atom. The maximum atomic E-state index is 12.9. The second-order valence-corrected chi connectivity index (χ2v) is 5.72. The first kappa shape index (κ1) is 17.4. The van der Waals surface area contributed by atoms with Gasteiger partial charge in [-0.1, -0.05) is 29.8 Å². The molecule has 1 saturated heterocycles. The maximum absolute atomic E-state index is 12.9. The Balaban J connectivity index is 2.24. The number of hydrogen-bond donors (Lipinski definition) is 0. The second kappa shape index (κ2) is 6.28. The number of halogens is 7. The topological polar surface area (TPSA) is 3.24 Å². The number of nitrogens with zero attached hydrogens (tertiary/aromatic N) is 1. The smallest absolute Gasteiger partial charge is 0.281 e. The summed E-state index contributed by atoms with van der Waals surface area (Å²) in [7, 11) is 0. The molecule has 0 radical (unpaired) electrons. The van der Waals surface area contributed by atoms with Gasteiger partial charge in [0.1, 0.15) is 0 Å². The Kier molecular flexibility index (Phi) is 4.96. The highest BCUT2D eigenvalue weighted by atomic mass is 35.5. The van der Waals surface area contributed by atoms with Crippen LogP contribution in [0.4, 0.5) is 26.3 Å². The summed E-state index contributed by atoms with van der Waals surface area (Å²) in [5, 5.41) is 0.352. The van der Waals surface area contributed by atoms with E-state index in [-0.39, 0.29) is 19.4 Å². The van der Waals surface area contributed by atoms with Crippen molar-refractivity contribution in [3.05, 3.63) is 34.9 Å². The zero-order valence-electron chi connectivity index (χ0n) is 11.4. The molecule has 0 bridgehead atoms. The van der Waals surface area contributed by atoms with Crippen LogP contribution in [0.25, 0.3) is 0 Å². The number of alkyl halides is 6. The molecular weight excluding hydrogens is 332 g/mol. The van der Waals surface area contributed by atoms with Gasteiger partial charge in [-0.3, -0.25) is 4.90 Å². The van der Waals surface area contributed by atoms with Crippen LogP contribution >= 0.6 is 11.6 Å². The van der Waals surface area contributed by atoms with Crippen molar-refractivity contribution in [2.75, 3.05) is 6.54 Å². The summed E-state index contributed by atoms with van der Waals surface area (Å²) in [6.07, 6.45) is -10.0. The van der Waals surface area contributed by atoms with Crippen LogP contribution in [0.3, 0.4) is 0 Å². The molecule has 1 fully saturated rings. The van der Waals surface area contributed by atoms with Gasteiger partial charge in [0.25, 0.3) is 0 Å². The highest BCUT2D eigenvalue weighted by Gasteiger charge is 2.61. The van der Waals surface area contributed by atoms with Crippen molar-refractivity contribution in [2.24, 2.45) is 0 Å². The highest BCUT2D eigenvalue weighted by Crippen LogP contribution is 2.41. The van der Waals surface area contributed by atoms with E-state index in [4.69, 9.17) is 11.6 Å². The molecule has 0 saturated carbocycles. The third-order valence-corrected chi connectivity index (χ3v) is 4.16. The molecule has 1 aromatic rings. The zero-order chi connectivity index (χ0) is 16.5. The van der Waals surface area contributed by atoms with E-state index < -0.39 is 24.4 Å². The van der Waals surface area contributed by atoms with Crippen molar-refractivity contribution in [3.63, 3.8) is 0 Å². The first-order valence-corrected chi connectivity index (χ1v) is 7.11. The Hall–Kier alpha value is -0.950. The maximum Gasteiger partial charge on any atom is 0.412 e. The van der Waals surface area contributed by atoms with Crippen LogP contribution in [0.5, 0.6) is 0 Å². The van der Waals surface area contributed by atoms with E-state index in [0.29, 0.717) is 21.9 Å². The van der Waals surface area contributed by atoms with Gasteiger partial charge >= 0.3 is 12.4 Å². The minimum Gasteiger partial charge on any atom is -0.281 e. The van der Waals surface area contributed by atoms with E-state index in [9.17, 15) is 26.3 Å². The fraction of sp³-hybridized carbons (Fsp3) is 0.571. The van der Waals surface area contributed by atoms with Crippen molar-refractivity contribution < 1.29 is 26.3 Å². The number of rotatable bonds is 3. The lowest BCUT2D eigenvalue weighted by Gasteiger charge is -2.35. The van der Waals surface area contributed by atoms with E-state index in [1.807, 2.05) is 0 Å². The molecular formula is C14H14ClF6N. The Bertz CT molecular complexity index is 499. The SMILES string of the molecule is FC(F)(F)C(N1CCCC1Cc1ccccc1Cl)C(F)(F)F. The summed E-state index contributed by atoms with van der Waals surface area (Å²) in [5.74, 6) is 0. The van der Waals surface area contributed by atoms with E-state index in [1.165, 1.54) is 0 Å². The Morgan fingerprint density at radius 3 is 2.23 bits per heavy atom. The minimum absolute atomic E-state index is 0.0718. The van der Waals surface area contributed by atoms with E-state index in [0.717, 1.165) is 0 Å². The third kappa shape index (κ3) is 3.87. The number of likely N-dealkylation sites (tertiary alicyclic amines) is 1. The molecule has 0 aromatic heterocycles. The minimum atomic E-state index is -5.35. The second-order valence-electron chi connectivity index (χ2n) is 5.32. The predicted molar refractivity (Wildman–Crippen MR) is 70.8 cm³/mol. The molecule has 2 rings (SSSR count). The molecule has 1 heterocycles. The van der Waals surface area contributed by atoms with Crippen molar-refractivity contribution in [3.8, 4) is 0 Å². The molecule has 0 spiro atoms. The molecule has 0 amide bonds. The van der Waals surface area contributed by atoms with Gasteiger partial charge in [0, 0.05) is 11.1 Å². The van der Waals surface area contributed by atoms with Crippen LogP contribution in [0.2, 0.25) is 5.02 Å². The molecule has 0 aliphatic carbocycles. The largest absolute Gasteiger partial charge is 0.412 e. The first-order chi connectivity index (χ1) is 10.1. The molecule has 1 unspecified atom stereocenters. The van der Waals surface area contributed by atoms with Gasteiger partial charge in [-0.15, -0.1) is 0 Å². The molecule has 1 aromatic carbocycles. The Morgan fingerprint density at radius 1 is 1.09 bits per heavy atom. The van der Waals surface area contributed by atoms with Gasteiger partial charge < -0.3 is 0 Å². The van der Waals surface area contributed by atoms with Crippen molar-refractivity contribution in [2.45, 2.75) is 43.7 Å². The van der Waals surface area contributed by atoms with Crippen LogP contribution in [0, 0.1) is 0 Å². The summed E-state index contributed by atoms with van der Waals surface area (Å²) in [4.78, 5) is 0.517. The molecule has 8 heteroatoms. The Labute approximate surface area is 128 Å². The van der Waals surface area contributed by atoms with Crippen LogP contribution in [0.1, 0.15) is 18.4 Å². The molecule has 124 valence electrons. The van der Waals surface area contributed by atoms with E-state index >= 15 is 0 Å². The standard InChI is InChI=1S/C14H14ClF6N/c15-11-6-2-1-4-9(11)8-10-5-3-7-22(10)12(13(16,17)18)14(19,20)21/h1-2,4,6,10,12H,3,5,7-8H2. The summed E-state index contributed by atoms with van der Waals surface area (Å²) in [6, 6.07) is 2.26. The third-order valence-electron chi connectivity index (χ3n) is 3.79. The molecule has 1 nitrogen and oxygen atoms in total. The lowest BCUT2D eigenvalue weighted by atomic mass is 10.0. The monoisotopic (exact) mass is 345 g/mol. The lowest BCUT2D eigenvalue weighted by Crippen LogP contribution is -2.56. The predicted octanol–water partition coefficient (Wildman–Crippen LogP) is 4.84. The first-order valence-electron chi connectivity index (χ1n) is 6.73. The lowest BCUT2D eigenvalue weighted by molar-refractivity contribution is -0.289. The van der Waals surface area contributed by atoms with Gasteiger partial charge in [0.2, 0.25) is 6.04 Å². The zero-order valence-corrected chi connectivity index (χ0v) is 12.1. The molecule has 1 aliphatic rings. The summed E-state index contributed by atoms with van der Waals surface area (Å²) in [5.41, 5.74) is 0.559. The van der Waals surface area contributed by atoms with E-state index in [1.54, 1.807) is 24.3 Å². The number of benzene rings is 1. The highest BCUT2D eigenvalue weighted by molar-refractivity contribution is 6.31. The fourth-order valence-electron chi connectivity index (χ4n) is 2.90.